The van der Waals surface area contributed by atoms with Crippen LogP contribution in [-0.2, 0) is 0 Å². The van der Waals surface area contributed by atoms with E-state index in [9.17, 15) is 0 Å². The summed E-state index contributed by atoms with van der Waals surface area (Å²) < 4.78 is 1.82. The van der Waals surface area contributed by atoms with Crippen LogP contribution in [0.3, 0.4) is 0 Å². The fraction of sp³-hybridized carbons (Fsp3) is 0.333. The predicted molar refractivity (Wildman–Crippen MR) is 61.2 cm³/mol. The molecule has 0 saturated carbocycles. The van der Waals surface area contributed by atoms with Crippen molar-refractivity contribution in [3.05, 3.63) is 18.6 Å². The fourth-order valence-electron chi connectivity index (χ4n) is 1.50. The van der Waals surface area contributed by atoms with Gasteiger partial charge in [-0.25, -0.2) is 15.8 Å². The standard InChI is InChI=1S/C9H14N6O/c1-14(4-5-16)9-8-11-2-3-15(8)6-7(12-9)13-10/h2-3,6,13,16H,4-5,10H2,1H3. The van der Waals surface area contributed by atoms with Gasteiger partial charge >= 0.3 is 0 Å². The van der Waals surface area contributed by atoms with Crippen molar-refractivity contribution in [2.45, 2.75) is 0 Å². The van der Waals surface area contributed by atoms with Crippen molar-refractivity contribution < 1.29 is 5.11 Å². The Kier molecular flexibility index (Phi) is 2.88. The van der Waals surface area contributed by atoms with E-state index in [-0.39, 0.29) is 6.61 Å². The Morgan fingerprint density at radius 1 is 1.62 bits per heavy atom. The van der Waals surface area contributed by atoms with Gasteiger partial charge in [0.1, 0.15) is 0 Å². The SMILES string of the molecule is CN(CCO)c1nc(NN)cn2ccnc12. The lowest BCUT2D eigenvalue weighted by Gasteiger charge is -2.18. The van der Waals surface area contributed by atoms with Crippen molar-refractivity contribution in [3.63, 3.8) is 0 Å². The van der Waals surface area contributed by atoms with Crippen LogP contribution in [0.15, 0.2) is 18.6 Å². The smallest absolute Gasteiger partial charge is 0.180 e. The van der Waals surface area contributed by atoms with Gasteiger partial charge in [0.2, 0.25) is 0 Å². The Morgan fingerprint density at radius 2 is 2.44 bits per heavy atom. The minimum atomic E-state index is 0.0608. The first-order valence-corrected chi connectivity index (χ1v) is 4.88. The molecule has 0 aliphatic carbocycles. The molecule has 0 unspecified atom stereocenters. The van der Waals surface area contributed by atoms with Crippen LogP contribution < -0.4 is 16.2 Å². The van der Waals surface area contributed by atoms with Gasteiger partial charge in [0, 0.05) is 26.0 Å². The van der Waals surface area contributed by atoms with E-state index >= 15 is 0 Å². The van der Waals surface area contributed by atoms with Crippen molar-refractivity contribution in [2.75, 3.05) is 30.5 Å². The number of aliphatic hydroxyl groups excluding tert-OH is 1. The number of rotatable bonds is 4. The highest BCUT2D eigenvalue weighted by atomic mass is 16.3. The molecule has 0 radical (unpaired) electrons. The quantitative estimate of drug-likeness (QED) is 0.474. The van der Waals surface area contributed by atoms with Crippen LogP contribution in [0, 0.1) is 0 Å². The summed E-state index contributed by atoms with van der Waals surface area (Å²) in [6, 6.07) is 0. The molecule has 0 fully saturated rings. The maximum absolute atomic E-state index is 8.91. The number of fused-ring (bicyclic) bond motifs is 1. The van der Waals surface area contributed by atoms with Gasteiger partial charge in [0.15, 0.2) is 17.3 Å². The van der Waals surface area contributed by atoms with E-state index < -0.39 is 0 Å². The number of anilines is 2. The summed E-state index contributed by atoms with van der Waals surface area (Å²) in [6.07, 6.45) is 5.25. The van der Waals surface area contributed by atoms with Crippen LogP contribution in [0.25, 0.3) is 5.65 Å². The zero-order valence-corrected chi connectivity index (χ0v) is 8.96. The van der Waals surface area contributed by atoms with E-state index in [0.29, 0.717) is 18.2 Å². The van der Waals surface area contributed by atoms with Gasteiger partial charge in [0.25, 0.3) is 0 Å². The molecule has 2 aromatic heterocycles. The van der Waals surface area contributed by atoms with Gasteiger partial charge in [0.05, 0.1) is 12.8 Å². The molecule has 0 aliphatic heterocycles. The number of hydrazine groups is 1. The molecule has 2 rings (SSSR count). The maximum Gasteiger partial charge on any atom is 0.180 e. The van der Waals surface area contributed by atoms with E-state index in [1.807, 2.05) is 22.5 Å². The van der Waals surface area contributed by atoms with E-state index in [1.165, 1.54) is 0 Å². The first kappa shape index (κ1) is 10.7. The van der Waals surface area contributed by atoms with Crippen molar-refractivity contribution in [2.24, 2.45) is 5.84 Å². The van der Waals surface area contributed by atoms with Crippen LogP contribution in [0.2, 0.25) is 0 Å². The molecular formula is C9H14N6O. The molecule has 0 spiro atoms. The lowest BCUT2D eigenvalue weighted by atomic mass is 10.5. The highest BCUT2D eigenvalue weighted by Gasteiger charge is 2.10. The van der Waals surface area contributed by atoms with Crippen LogP contribution in [0.4, 0.5) is 11.6 Å². The van der Waals surface area contributed by atoms with Gasteiger partial charge in [-0.15, -0.1) is 0 Å². The summed E-state index contributed by atoms with van der Waals surface area (Å²) in [5, 5.41) is 8.91. The van der Waals surface area contributed by atoms with E-state index in [0.717, 1.165) is 5.65 Å². The number of aliphatic hydroxyl groups is 1. The Labute approximate surface area is 92.5 Å². The summed E-state index contributed by atoms with van der Waals surface area (Å²) in [4.78, 5) is 10.3. The molecule has 0 aromatic carbocycles. The second kappa shape index (κ2) is 4.33. The number of likely N-dealkylation sites (N-methyl/N-ethyl adjacent to an activating group) is 1. The second-order valence-electron chi connectivity index (χ2n) is 3.40. The number of aromatic nitrogens is 3. The summed E-state index contributed by atoms with van der Waals surface area (Å²) in [7, 11) is 1.84. The summed E-state index contributed by atoms with van der Waals surface area (Å²) in [6.45, 7) is 0.550. The lowest BCUT2D eigenvalue weighted by molar-refractivity contribution is 0.304. The zero-order chi connectivity index (χ0) is 11.5. The molecular weight excluding hydrogens is 208 g/mol. The average molecular weight is 222 g/mol. The van der Waals surface area contributed by atoms with Crippen molar-refractivity contribution in [3.8, 4) is 0 Å². The van der Waals surface area contributed by atoms with Gasteiger partial charge in [-0.05, 0) is 0 Å². The first-order valence-electron chi connectivity index (χ1n) is 4.88. The van der Waals surface area contributed by atoms with E-state index in [1.54, 1.807) is 12.4 Å². The normalized spacial score (nSPS) is 10.7. The number of nitrogens with two attached hydrogens (primary N) is 1. The number of nitrogens with one attached hydrogen (secondary N) is 1. The fourth-order valence-corrected chi connectivity index (χ4v) is 1.50. The lowest BCUT2D eigenvalue weighted by Crippen LogP contribution is -2.24. The van der Waals surface area contributed by atoms with Gasteiger partial charge in [-0.2, -0.15) is 0 Å². The molecule has 0 atom stereocenters. The largest absolute Gasteiger partial charge is 0.395 e. The molecule has 0 bridgehead atoms. The summed E-state index contributed by atoms with van der Waals surface area (Å²) in [5.74, 6) is 6.56. The summed E-state index contributed by atoms with van der Waals surface area (Å²) >= 11 is 0. The molecule has 16 heavy (non-hydrogen) atoms. The van der Waals surface area contributed by atoms with Crippen LogP contribution in [0.1, 0.15) is 0 Å². The molecule has 7 heteroatoms. The summed E-state index contributed by atoms with van der Waals surface area (Å²) in [5.41, 5.74) is 3.23. The zero-order valence-electron chi connectivity index (χ0n) is 8.96. The molecule has 0 saturated heterocycles. The number of nitrogens with zero attached hydrogens (tertiary/aromatic N) is 4. The van der Waals surface area contributed by atoms with Crippen molar-refractivity contribution in [1.29, 1.82) is 0 Å². The molecule has 0 aliphatic rings. The van der Waals surface area contributed by atoms with Crippen LogP contribution >= 0.6 is 0 Å². The number of imidazole rings is 1. The van der Waals surface area contributed by atoms with Crippen molar-refractivity contribution >= 4 is 17.3 Å². The molecule has 0 amide bonds. The maximum atomic E-state index is 8.91. The van der Waals surface area contributed by atoms with E-state index in [2.05, 4.69) is 15.4 Å². The monoisotopic (exact) mass is 222 g/mol. The minimum absolute atomic E-state index is 0.0608. The number of hydrogen-bond acceptors (Lipinski definition) is 6. The molecule has 2 aromatic rings. The van der Waals surface area contributed by atoms with Crippen LogP contribution in [0.5, 0.6) is 0 Å². The number of hydrogen-bond donors (Lipinski definition) is 3. The molecule has 2 heterocycles. The predicted octanol–water partition coefficient (Wildman–Crippen LogP) is -0.557. The van der Waals surface area contributed by atoms with Gasteiger partial charge in [-0.3, -0.25) is 0 Å². The highest BCUT2D eigenvalue weighted by Crippen LogP contribution is 2.18. The minimum Gasteiger partial charge on any atom is -0.395 e. The Balaban J connectivity index is 2.51. The third-order valence-electron chi connectivity index (χ3n) is 2.30. The van der Waals surface area contributed by atoms with Crippen molar-refractivity contribution in [1.82, 2.24) is 14.4 Å². The Hall–Kier alpha value is -1.86. The topological polar surface area (TPSA) is 91.7 Å². The molecule has 7 nitrogen and oxygen atoms in total. The molecule has 86 valence electrons. The Morgan fingerprint density at radius 3 is 3.12 bits per heavy atom. The second-order valence-corrected chi connectivity index (χ2v) is 3.40. The molecule has 4 N–H and O–H groups in total. The van der Waals surface area contributed by atoms with E-state index in [4.69, 9.17) is 10.9 Å². The first-order chi connectivity index (χ1) is 7.76. The third kappa shape index (κ3) is 1.77. The van der Waals surface area contributed by atoms with Gasteiger partial charge in [-0.1, -0.05) is 0 Å². The number of nitrogen functional groups attached to an aromatic ring is 1. The van der Waals surface area contributed by atoms with Gasteiger partial charge < -0.3 is 19.8 Å². The Bertz CT molecular complexity index is 482. The average Bonchev–Trinajstić information content (AvgIpc) is 2.75. The van der Waals surface area contributed by atoms with Crippen LogP contribution in [-0.4, -0.2) is 39.7 Å². The highest BCUT2D eigenvalue weighted by molar-refractivity contribution is 5.66. The third-order valence-corrected chi connectivity index (χ3v) is 2.30.